The average Bonchev–Trinajstić information content (AvgIpc) is 2.40. The van der Waals surface area contributed by atoms with Gasteiger partial charge in [0.1, 0.15) is 11.7 Å². The molecule has 1 atom stereocenters. The van der Waals surface area contributed by atoms with Gasteiger partial charge in [-0.15, -0.1) is 0 Å². The third-order valence-corrected chi connectivity index (χ3v) is 3.11. The molecule has 5 nitrogen and oxygen atoms in total. The maximum Gasteiger partial charge on any atom is 0.233 e. The van der Waals surface area contributed by atoms with Gasteiger partial charge in [0.25, 0.3) is 0 Å². The maximum atomic E-state index is 13.6. The van der Waals surface area contributed by atoms with Gasteiger partial charge in [0.15, 0.2) is 5.84 Å². The van der Waals surface area contributed by atoms with Crippen molar-refractivity contribution in [3.8, 4) is 0 Å². The van der Waals surface area contributed by atoms with Crippen LogP contribution in [0.3, 0.4) is 0 Å². The van der Waals surface area contributed by atoms with Crippen LogP contribution in [0, 0.1) is 17.7 Å². The van der Waals surface area contributed by atoms with E-state index >= 15 is 0 Å². The summed E-state index contributed by atoms with van der Waals surface area (Å²) in [6.45, 7) is 3.74. The molecule has 0 bridgehead atoms. The fraction of sp³-hybridized carbons (Fsp3) is 0.429. The van der Waals surface area contributed by atoms with Crippen molar-refractivity contribution in [3.05, 3.63) is 35.6 Å². The van der Waals surface area contributed by atoms with Gasteiger partial charge < -0.3 is 15.8 Å². The fourth-order valence-corrected chi connectivity index (χ4v) is 2.01. The Labute approximate surface area is 117 Å². The third-order valence-electron chi connectivity index (χ3n) is 3.11. The number of amidine groups is 1. The number of nitrogens with zero attached hydrogens (tertiary/aromatic N) is 2. The molecule has 110 valence electrons. The second-order valence-corrected chi connectivity index (χ2v) is 5.03. The molecule has 20 heavy (non-hydrogen) atoms. The molecule has 0 saturated carbocycles. The maximum absolute atomic E-state index is 13.6. The van der Waals surface area contributed by atoms with Gasteiger partial charge >= 0.3 is 0 Å². The first-order chi connectivity index (χ1) is 9.38. The molecule has 1 rings (SSSR count). The van der Waals surface area contributed by atoms with E-state index in [-0.39, 0.29) is 30.0 Å². The van der Waals surface area contributed by atoms with Crippen LogP contribution in [-0.2, 0) is 11.3 Å². The fourth-order valence-electron chi connectivity index (χ4n) is 2.01. The van der Waals surface area contributed by atoms with Crippen LogP contribution < -0.4 is 5.73 Å². The Bertz CT molecular complexity index is 503. The molecule has 1 unspecified atom stereocenters. The Morgan fingerprint density at radius 3 is 2.55 bits per heavy atom. The molecule has 1 amide bonds. The molecular formula is C14H20FN3O2. The highest BCUT2D eigenvalue weighted by atomic mass is 19.1. The summed E-state index contributed by atoms with van der Waals surface area (Å²) in [4.78, 5) is 13.7. The Kier molecular flexibility index (Phi) is 5.49. The van der Waals surface area contributed by atoms with Gasteiger partial charge in [-0.3, -0.25) is 4.79 Å². The van der Waals surface area contributed by atoms with Crippen molar-refractivity contribution in [2.45, 2.75) is 20.4 Å². The number of hydrogen-bond acceptors (Lipinski definition) is 3. The van der Waals surface area contributed by atoms with Gasteiger partial charge in [0, 0.05) is 19.2 Å². The van der Waals surface area contributed by atoms with Crippen molar-refractivity contribution in [3.63, 3.8) is 0 Å². The van der Waals surface area contributed by atoms with Crippen LogP contribution in [0.15, 0.2) is 29.4 Å². The lowest BCUT2D eigenvalue weighted by atomic mass is 9.93. The smallest absolute Gasteiger partial charge is 0.233 e. The summed E-state index contributed by atoms with van der Waals surface area (Å²) in [6, 6.07) is 6.26. The Morgan fingerprint density at radius 2 is 2.05 bits per heavy atom. The zero-order valence-corrected chi connectivity index (χ0v) is 11.9. The largest absolute Gasteiger partial charge is 0.409 e. The predicted molar refractivity (Wildman–Crippen MR) is 74.6 cm³/mol. The molecule has 0 aliphatic rings. The lowest BCUT2D eigenvalue weighted by molar-refractivity contribution is -0.133. The molecule has 0 aromatic heterocycles. The van der Waals surface area contributed by atoms with E-state index in [1.165, 1.54) is 11.0 Å². The monoisotopic (exact) mass is 281 g/mol. The molecule has 0 radical (unpaired) electrons. The number of rotatable bonds is 5. The van der Waals surface area contributed by atoms with E-state index in [1.54, 1.807) is 39.1 Å². The van der Waals surface area contributed by atoms with Crippen molar-refractivity contribution in [2.75, 3.05) is 7.05 Å². The molecule has 0 spiro atoms. The van der Waals surface area contributed by atoms with Crippen LogP contribution in [-0.4, -0.2) is 28.9 Å². The first-order valence-electron chi connectivity index (χ1n) is 6.34. The van der Waals surface area contributed by atoms with Gasteiger partial charge in [-0.2, -0.15) is 0 Å². The van der Waals surface area contributed by atoms with Crippen molar-refractivity contribution in [1.29, 1.82) is 0 Å². The van der Waals surface area contributed by atoms with E-state index in [1.807, 2.05) is 0 Å². The van der Waals surface area contributed by atoms with Gasteiger partial charge in [0.05, 0.1) is 0 Å². The second-order valence-electron chi connectivity index (χ2n) is 5.03. The second kappa shape index (κ2) is 6.88. The lowest BCUT2D eigenvalue weighted by Gasteiger charge is -2.25. The van der Waals surface area contributed by atoms with E-state index in [2.05, 4.69) is 5.16 Å². The predicted octanol–water partition coefficient (Wildman–Crippen LogP) is 1.80. The number of carbonyl (C=O) groups excluding carboxylic acids is 1. The minimum atomic E-state index is -0.725. The minimum absolute atomic E-state index is 0.124. The zero-order valence-electron chi connectivity index (χ0n) is 11.9. The van der Waals surface area contributed by atoms with E-state index in [0.717, 1.165) is 0 Å². The van der Waals surface area contributed by atoms with E-state index < -0.39 is 5.92 Å². The highest BCUT2D eigenvalue weighted by Crippen LogP contribution is 2.16. The zero-order chi connectivity index (χ0) is 15.3. The summed E-state index contributed by atoms with van der Waals surface area (Å²) in [6.07, 6.45) is 0. The lowest BCUT2D eigenvalue weighted by Crippen LogP contribution is -2.42. The van der Waals surface area contributed by atoms with Crippen LogP contribution in [0.5, 0.6) is 0 Å². The quantitative estimate of drug-likeness (QED) is 0.374. The van der Waals surface area contributed by atoms with Gasteiger partial charge in [0.2, 0.25) is 5.91 Å². The topological polar surface area (TPSA) is 78.9 Å². The summed E-state index contributed by atoms with van der Waals surface area (Å²) in [7, 11) is 1.56. The number of nitrogens with two attached hydrogens (primary N) is 1. The van der Waals surface area contributed by atoms with Crippen molar-refractivity contribution >= 4 is 11.7 Å². The molecule has 1 aromatic carbocycles. The third kappa shape index (κ3) is 3.69. The molecule has 0 aliphatic carbocycles. The van der Waals surface area contributed by atoms with Crippen LogP contribution in [0.1, 0.15) is 19.4 Å². The normalized spacial score (nSPS) is 13.3. The minimum Gasteiger partial charge on any atom is -0.409 e. The summed E-state index contributed by atoms with van der Waals surface area (Å²) in [5.41, 5.74) is 5.98. The molecule has 0 heterocycles. The van der Waals surface area contributed by atoms with Crippen molar-refractivity contribution < 1.29 is 14.4 Å². The molecule has 0 saturated heterocycles. The molecular weight excluding hydrogens is 261 g/mol. The Morgan fingerprint density at radius 1 is 1.45 bits per heavy atom. The molecule has 0 aliphatic heterocycles. The van der Waals surface area contributed by atoms with E-state index in [4.69, 9.17) is 10.9 Å². The molecule has 0 fully saturated rings. The van der Waals surface area contributed by atoms with Crippen molar-refractivity contribution in [1.82, 2.24) is 4.90 Å². The number of benzene rings is 1. The van der Waals surface area contributed by atoms with Crippen LogP contribution in [0.2, 0.25) is 0 Å². The molecule has 1 aromatic rings. The molecule has 3 N–H and O–H groups in total. The van der Waals surface area contributed by atoms with E-state index in [9.17, 15) is 9.18 Å². The number of hydrogen-bond donors (Lipinski definition) is 2. The SMILES string of the molecule is CC(C)C(C(=O)N(C)Cc1ccccc1F)C(N)=NO. The highest BCUT2D eigenvalue weighted by molar-refractivity contribution is 6.02. The Hall–Kier alpha value is -2.11. The average molecular weight is 281 g/mol. The number of carbonyl (C=O) groups is 1. The summed E-state index contributed by atoms with van der Waals surface area (Å²) in [5, 5.41) is 11.7. The van der Waals surface area contributed by atoms with Crippen LogP contribution in [0.4, 0.5) is 4.39 Å². The number of oxime groups is 1. The van der Waals surface area contributed by atoms with Crippen molar-refractivity contribution in [2.24, 2.45) is 22.7 Å². The Balaban J connectivity index is 2.88. The van der Waals surface area contributed by atoms with Crippen LogP contribution >= 0.6 is 0 Å². The first kappa shape index (κ1) is 15.9. The van der Waals surface area contributed by atoms with Gasteiger partial charge in [-0.1, -0.05) is 37.2 Å². The first-order valence-corrected chi connectivity index (χ1v) is 6.34. The number of amides is 1. The summed E-state index contributed by atoms with van der Waals surface area (Å²) in [5.74, 6) is -1.65. The molecule has 6 heteroatoms. The van der Waals surface area contributed by atoms with E-state index in [0.29, 0.717) is 5.56 Å². The van der Waals surface area contributed by atoms with Crippen LogP contribution in [0.25, 0.3) is 0 Å². The highest BCUT2D eigenvalue weighted by Gasteiger charge is 2.29. The van der Waals surface area contributed by atoms with Gasteiger partial charge in [-0.05, 0) is 12.0 Å². The van der Waals surface area contributed by atoms with Gasteiger partial charge in [-0.25, -0.2) is 4.39 Å². The standard InChI is InChI=1S/C14H20FN3O2/c1-9(2)12(13(16)17-20)14(19)18(3)8-10-6-4-5-7-11(10)15/h4-7,9,12,20H,8H2,1-3H3,(H2,16,17). The summed E-state index contributed by atoms with van der Waals surface area (Å²) < 4.78 is 13.6. The summed E-state index contributed by atoms with van der Waals surface area (Å²) >= 11 is 0. The number of halogens is 1.